The Morgan fingerprint density at radius 2 is 1.73 bits per heavy atom. The number of hydrogen-bond donors (Lipinski definition) is 2. The largest absolute Gasteiger partial charge is 0.858 e. The Bertz CT molecular complexity index is 1100. The molecule has 0 saturated heterocycles. The zero-order valence-corrected chi connectivity index (χ0v) is 17.6. The Morgan fingerprint density at radius 3 is 2.37 bits per heavy atom. The van der Waals surface area contributed by atoms with Gasteiger partial charge in [-0.05, 0) is 37.2 Å². The standard InChI is InChI=1S/C18H25ClN8O3/c1-3-4-5-7-26-15-12(23-17(19)24-15)16(29)27(18(26)30)9-6-8-25-10(2)22-11(13(25)20)14(21)28/h29H,3-9,20H2,1-2H3,(H2,21,28)/p-1. The van der Waals surface area contributed by atoms with Gasteiger partial charge in [-0.2, -0.15) is 4.98 Å². The fourth-order valence-electron chi connectivity index (χ4n) is 3.44. The fraction of sp³-hybridized carbons (Fsp3) is 0.500. The molecule has 0 aliphatic carbocycles. The van der Waals surface area contributed by atoms with Gasteiger partial charge in [-0.25, -0.2) is 14.8 Å². The first-order valence-electron chi connectivity index (χ1n) is 9.72. The zero-order valence-electron chi connectivity index (χ0n) is 16.9. The molecule has 0 spiro atoms. The topological polar surface area (TPSA) is 163 Å². The summed E-state index contributed by atoms with van der Waals surface area (Å²) < 4.78 is 4.21. The van der Waals surface area contributed by atoms with E-state index in [9.17, 15) is 14.7 Å². The number of nitrogen functional groups attached to an aromatic ring is 1. The molecular formula is C18H24ClN8O3-. The van der Waals surface area contributed by atoms with Crippen LogP contribution in [0.5, 0.6) is 5.88 Å². The number of carbonyl (C=O) groups excluding carboxylic acids is 1. The van der Waals surface area contributed by atoms with Crippen LogP contribution in [0, 0.1) is 6.92 Å². The summed E-state index contributed by atoms with van der Waals surface area (Å²) in [5.74, 6) is -0.349. The maximum atomic E-state index is 13.0. The molecule has 1 aromatic heterocycles. The van der Waals surface area contributed by atoms with E-state index in [0.29, 0.717) is 25.3 Å². The van der Waals surface area contributed by atoms with Crippen LogP contribution in [0.15, 0.2) is 4.79 Å². The summed E-state index contributed by atoms with van der Waals surface area (Å²) >= 11 is 5.89. The van der Waals surface area contributed by atoms with Crippen molar-refractivity contribution in [2.75, 3.05) is 5.73 Å². The predicted octanol–water partition coefficient (Wildman–Crippen LogP) is 0.738. The molecule has 0 aromatic carbocycles. The average molecular weight is 436 g/mol. The van der Waals surface area contributed by atoms with Crippen LogP contribution >= 0.6 is 11.6 Å². The highest BCUT2D eigenvalue weighted by Gasteiger charge is 2.21. The zero-order chi connectivity index (χ0) is 22.0. The van der Waals surface area contributed by atoms with E-state index in [1.807, 2.05) is 0 Å². The summed E-state index contributed by atoms with van der Waals surface area (Å²) in [5, 5.41) is 12.7. The molecule has 12 heteroatoms. The molecule has 2 aliphatic rings. The van der Waals surface area contributed by atoms with Gasteiger partial charge >= 0.3 is 5.69 Å². The van der Waals surface area contributed by atoms with Crippen LogP contribution in [-0.4, -0.2) is 34.6 Å². The number of amides is 1. The Morgan fingerprint density at radius 1 is 1.07 bits per heavy atom. The summed E-state index contributed by atoms with van der Waals surface area (Å²) in [7, 11) is 0. The number of primary amides is 1. The van der Waals surface area contributed by atoms with Crippen molar-refractivity contribution in [3.05, 3.63) is 27.3 Å². The maximum Gasteiger partial charge on any atom is 0.329 e. The SMILES string of the molecule is CCCCCn1c2nc(Cl)nc-2c([O-])n(CCCn2c(C)nc(C(N)=O)c2N)c1=O. The molecule has 11 nitrogen and oxygen atoms in total. The molecule has 162 valence electrons. The van der Waals surface area contributed by atoms with Crippen LogP contribution in [0.1, 0.15) is 48.9 Å². The van der Waals surface area contributed by atoms with Gasteiger partial charge in [0.05, 0.1) is 0 Å². The van der Waals surface area contributed by atoms with Crippen molar-refractivity contribution < 1.29 is 9.90 Å². The summed E-state index contributed by atoms with van der Waals surface area (Å²) in [6.07, 6.45) is 3.10. The molecule has 0 bridgehead atoms. The molecule has 0 saturated carbocycles. The van der Waals surface area contributed by atoms with Crippen LogP contribution in [0.4, 0.5) is 5.82 Å². The van der Waals surface area contributed by atoms with Gasteiger partial charge in [-0.3, -0.25) is 9.36 Å². The van der Waals surface area contributed by atoms with Gasteiger partial charge in [0.25, 0.3) is 5.91 Å². The minimum Gasteiger partial charge on any atom is -0.858 e. The van der Waals surface area contributed by atoms with Gasteiger partial charge in [-0.1, -0.05) is 19.8 Å². The molecule has 4 N–H and O–H groups in total. The lowest BCUT2D eigenvalue weighted by molar-refractivity contribution is -0.279. The molecule has 2 aliphatic heterocycles. The smallest absolute Gasteiger partial charge is 0.329 e. The summed E-state index contributed by atoms with van der Waals surface area (Å²) in [6, 6.07) is 0. The molecule has 0 radical (unpaired) electrons. The Labute approximate surface area is 177 Å². The molecule has 3 rings (SSSR count). The van der Waals surface area contributed by atoms with E-state index in [2.05, 4.69) is 21.9 Å². The van der Waals surface area contributed by atoms with Gasteiger partial charge in [0.15, 0.2) is 11.5 Å². The highest BCUT2D eigenvalue weighted by atomic mass is 35.5. The quantitative estimate of drug-likeness (QED) is 0.369. The van der Waals surface area contributed by atoms with Crippen LogP contribution in [-0.2, 0) is 19.6 Å². The van der Waals surface area contributed by atoms with E-state index in [4.69, 9.17) is 23.1 Å². The van der Waals surface area contributed by atoms with Crippen molar-refractivity contribution in [1.82, 2.24) is 28.7 Å². The number of imidazole rings is 2. The molecule has 0 unspecified atom stereocenters. The van der Waals surface area contributed by atoms with Crippen molar-refractivity contribution >= 4 is 23.3 Å². The molecule has 30 heavy (non-hydrogen) atoms. The molecular weight excluding hydrogens is 412 g/mol. The second kappa shape index (κ2) is 8.74. The van der Waals surface area contributed by atoms with Crippen LogP contribution in [0.2, 0.25) is 5.28 Å². The number of hydrogen-bond acceptors (Lipinski definition) is 7. The van der Waals surface area contributed by atoms with Crippen molar-refractivity contribution in [3.8, 4) is 17.4 Å². The first-order chi connectivity index (χ1) is 14.3. The third kappa shape index (κ3) is 3.97. The minimum atomic E-state index is -0.711. The van der Waals surface area contributed by atoms with E-state index in [1.54, 1.807) is 11.5 Å². The van der Waals surface area contributed by atoms with Gasteiger partial charge in [0.1, 0.15) is 17.3 Å². The molecule has 0 atom stereocenters. The van der Waals surface area contributed by atoms with Crippen molar-refractivity contribution in [3.63, 3.8) is 0 Å². The number of unbranched alkanes of at least 4 members (excludes halogenated alkanes) is 2. The molecule has 3 heterocycles. The highest BCUT2D eigenvalue weighted by molar-refractivity contribution is 6.28. The Kier molecular flexibility index (Phi) is 6.30. The van der Waals surface area contributed by atoms with Crippen molar-refractivity contribution in [2.45, 2.75) is 59.2 Å². The maximum absolute atomic E-state index is 13.0. The lowest BCUT2D eigenvalue weighted by atomic mass is 10.2. The fourth-order valence-corrected chi connectivity index (χ4v) is 3.61. The second-order valence-corrected chi connectivity index (χ2v) is 7.36. The number of halogens is 1. The number of fused-ring (bicyclic) bond motifs is 1. The minimum absolute atomic E-state index is 0.00562. The van der Waals surface area contributed by atoms with E-state index < -0.39 is 17.5 Å². The van der Waals surface area contributed by atoms with E-state index in [1.165, 1.54) is 4.57 Å². The monoisotopic (exact) mass is 435 g/mol. The lowest BCUT2D eigenvalue weighted by Crippen LogP contribution is -2.35. The van der Waals surface area contributed by atoms with Crippen molar-refractivity contribution in [2.24, 2.45) is 5.73 Å². The van der Waals surface area contributed by atoms with E-state index >= 15 is 0 Å². The van der Waals surface area contributed by atoms with E-state index in [-0.39, 0.29) is 34.9 Å². The lowest BCUT2D eigenvalue weighted by Gasteiger charge is -2.22. The third-order valence-electron chi connectivity index (χ3n) is 4.96. The predicted molar refractivity (Wildman–Crippen MR) is 109 cm³/mol. The number of aryl methyl sites for hydroxylation is 1. The Hall–Kier alpha value is -3.08. The van der Waals surface area contributed by atoms with Crippen LogP contribution < -0.4 is 22.3 Å². The number of carbonyl (C=O) groups is 1. The number of anilines is 1. The van der Waals surface area contributed by atoms with Gasteiger partial charge in [0, 0.05) is 19.6 Å². The number of nitrogens with zero attached hydrogens (tertiary/aromatic N) is 6. The summed E-state index contributed by atoms with van der Waals surface area (Å²) in [4.78, 5) is 36.5. The first-order valence-corrected chi connectivity index (χ1v) is 10.1. The number of nitrogens with two attached hydrogens (primary N) is 2. The van der Waals surface area contributed by atoms with Gasteiger partial charge < -0.3 is 25.7 Å². The molecule has 1 amide bonds. The molecule has 0 fully saturated rings. The second-order valence-electron chi connectivity index (χ2n) is 7.03. The Balaban J connectivity index is 1.88. The van der Waals surface area contributed by atoms with Gasteiger partial charge in [0.2, 0.25) is 5.28 Å². The third-order valence-corrected chi connectivity index (χ3v) is 5.13. The summed E-state index contributed by atoms with van der Waals surface area (Å²) in [5.41, 5.74) is 10.8. The van der Waals surface area contributed by atoms with Crippen LogP contribution in [0.3, 0.4) is 0 Å². The van der Waals surface area contributed by atoms with Crippen LogP contribution in [0.25, 0.3) is 11.5 Å². The van der Waals surface area contributed by atoms with E-state index in [0.717, 1.165) is 23.8 Å². The number of aromatic nitrogens is 6. The van der Waals surface area contributed by atoms with Gasteiger partial charge in [-0.15, -0.1) is 0 Å². The summed E-state index contributed by atoms with van der Waals surface area (Å²) in [6.45, 7) is 4.67. The normalized spacial score (nSPS) is 11.4. The first kappa shape index (κ1) is 21.6. The average Bonchev–Trinajstić information content (AvgIpc) is 3.21. The molecule has 1 aromatic rings. The highest BCUT2D eigenvalue weighted by Crippen LogP contribution is 2.27. The number of rotatable bonds is 9. The van der Waals surface area contributed by atoms with Crippen molar-refractivity contribution in [1.29, 1.82) is 0 Å².